The van der Waals surface area contributed by atoms with Gasteiger partial charge in [-0.1, -0.05) is 23.7 Å². The molecule has 1 aliphatic heterocycles. The number of methoxy groups -OCH3 is 1. The molecule has 0 spiro atoms. The molecule has 0 aliphatic carbocycles. The van der Waals surface area contributed by atoms with Gasteiger partial charge in [0.25, 0.3) is 5.91 Å². The smallest absolute Gasteiger partial charge is 0.265 e. The molecule has 1 atom stereocenters. The highest BCUT2D eigenvalue weighted by Gasteiger charge is 2.38. The van der Waals surface area contributed by atoms with Gasteiger partial charge in [-0.25, -0.2) is 0 Å². The fraction of sp³-hybridized carbons (Fsp3) is 0.160. The predicted octanol–water partition coefficient (Wildman–Crippen LogP) is 4.11. The van der Waals surface area contributed by atoms with E-state index in [0.717, 1.165) is 0 Å². The average Bonchev–Trinajstić information content (AvgIpc) is 2.84. The minimum atomic E-state index is -1.05. The second kappa shape index (κ2) is 10.3. The van der Waals surface area contributed by atoms with Crippen molar-refractivity contribution in [3.8, 4) is 11.5 Å². The van der Waals surface area contributed by atoms with Crippen LogP contribution < -0.4 is 25.0 Å². The number of hydrogen-bond donors (Lipinski definition) is 2. The number of hydrogen-bond acceptors (Lipinski definition) is 5. The fourth-order valence-corrected chi connectivity index (χ4v) is 3.72. The lowest BCUT2D eigenvalue weighted by atomic mass is 10.0. The van der Waals surface area contributed by atoms with Crippen molar-refractivity contribution in [2.24, 2.45) is 0 Å². The molecule has 0 saturated carbocycles. The van der Waals surface area contributed by atoms with Crippen LogP contribution >= 0.6 is 11.6 Å². The Labute approximate surface area is 201 Å². The maximum atomic E-state index is 13.2. The predicted molar refractivity (Wildman–Crippen MR) is 130 cm³/mol. The van der Waals surface area contributed by atoms with Gasteiger partial charge in [0.05, 0.1) is 24.9 Å². The zero-order valence-electron chi connectivity index (χ0n) is 18.3. The third-order valence-electron chi connectivity index (χ3n) is 5.23. The van der Waals surface area contributed by atoms with E-state index in [2.05, 4.69) is 10.6 Å². The number of fused-ring (bicyclic) bond motifs is 1. The summed E-state index contributed by atoms with van der Waals surface area (Å²) in [5, 5.41) is 6.04. The summed E-state index contributed by atoms with van der Waals surface area (Å²) in [6.07, 6.45) is -0.239. The van der Waals surface area contributed by atoms with Crippen LogP contribution in [0, 0.1) is 0 Å². The lowest BCUT2D eigenvalue weighted by Crippen LogP contribution is -2.53. The molecule has 0 saturated heterocycles. The first-order valence-corrected chi connectivity index (χ1v) is 10.9. The number of nitrogens with zero attached hydrogens (tertiary/aromatic N) is 1. The summed E-state index contributed by atoms with van der Waals surface area (Å²) in [5.74, 6) is -0.200. The molecule has 34 heavy (non-hydrogen) atoms. The van der Waals surface area contributed by atoms with E-state index in [1.165, 1.54) is 4.90 Å². The first kappa shape index (κ1) is 23.1. The average molecular weight is 480 g/mol. The number of benzene rings is 3. The van der Waals surface area contributed by atoms with Crippen LogP contribution in [0.15, 0.2) is 72.8 Å². The molecule has 1 heterocycles. The van der Waals surface area contributed by atoms with E-state index in [0.29, 0.717) is 33.6 Å². The van der Waals surface area contributed by atoms with E-state index in [1.807, 2.05) is 0 Å². The van der Waals surface area contributed by atoms with Crippen LogP contribution in [-0.4, -0.2) is 37.5 Å². The molecule has 1 aliphatic rings. The zero-order valence-corrected chi connectivity index (χ0v) is 19.0. The van der Waals surface area contributed by atoms with E-state index in [1.54, 1.807) is 79.9 Å². The first-order chi connectivity index (χ1) is 16.4. The van der Waals surface area contributed by atoms with Crippen LogP contribution in [0.1, 0.15) is 6.42 Å². The van der Waals surface area contributed by atoms with Gasteiger partial charge in [0, 0.05) is 10.7 Å². The van der Waals surface area contributed by atoms with Crippen molar-refractivity contribution in [3.63, 3.8) is 0 Å². The van der Waals surface area contributed by atoms with Crippen molar-refractivity contribution >= 4 is 46.4 Å². The summed E-state index contributed by atoms with van der Waals surface area (Å²) < 4.78 is 10.8. The lowest BCUT2D eigenvalue weighted by molar-refractivity contribution is -0.127. The van der Waals surface area contributed by atoms with Crippen LogP contribution in [0.2, 0.25) is 5.02 Å². The Morgan fingerprint density at radius 3 is 2.38 bits per heavy atom. The third-order valence-corrected chi connectivity index (χ3v) is 5.48. The summed E-state index contributed by atoms with van der Waals surface area (Å²) in [5.41, 5.74) is 1.51. The molecule has 0 bridgehead atoms. The number of amides is 3. The highest BCUT2D eigenvalue weighted by Crippen LogP contribution is 2.33. The SMILES string of the molecule is COc1ccc(OCC(=O)N2c3ccccc3NC(=O)C2CC(=O)Nc2ccc(Cl)cc2)cc1. The second-order valence-electron chi connectivity index (χ2n) is 7.51. The van der Waals surface area contributed by atoms with Gasteiger partial charge in [-0.3, -0.25) is 19.3 Å². The first-order valence-electron chi connectivity index (χ1n) is 10.5. The van der Waals surface area contributed by atoms with Gasteiger partial charge < -0.3 is 20.1 Å². The molecule has 174 valence electrons. The van der Waals surface area contributed by atoms with Crippen LogP contribution in [-0.2, 0) is 14.4 Å². The number of carbonyl (C=O) groups is 3. The highest BCUT2D eigenvalue weighted by atomic mass is 35.5. The fourth-order valence-electron chi connectivity index (χ4n) is 3.59. The Morgan fingerprint density at radius 1 is 1.00 bits per heavy atom. The van der Waals surface area contributed by atoms with E-state index in [4.69, 9.17) is 21.1 Å². The molecule has 3 aromatic carbocycles. The van der Waals surface area contributed by atoms with Gasteiger partial charge in [-0.2, -0.15) is 0 Å². The molecule has 0 radical (unpaired) electrons. The molecule has 2 N–H and O–H groups in total. The Kier molecular flexibility index (Phi) is 6.98. The molecular formula is C25H22ClN3O5. The summed E-state index contributed by atoms with van der Waals surface area (Å²) in [7, 11) is 1.56. The van der Waals surface area contributed by atoms with Crippen LogP contribution in [0.25, 0.3) is 0 Å². The number of para-hydroxylation sites is 2. The number of halogens is 1. The lowest BCUT2D eigenvalue weighted by Gasteiger charge is -2.36. The van der Waals surface area contributed by atoms with Crippen LogP contribution in [0.4, 0.5) is 17.1 Å². The summed E-state index contributed by atoms with van der Waals surface area (Å²) in [6, 6.07) is 19.3. The molecule has 4 rings (SSSR count). The quantitative estimate of drug-likeness (QED) is 0.531. The van der Waals surface area contributed by atoms with E-state index in [9.17, 15) is 14.4 Å². The van der Waals surface area contributed by atoms with Crippen molar-refractivity contribution in [3.05, 3.63) is 77.8 Å². The van der Waals surface area contributed by atoms with Gasteiger partial charge in [0.1, 0.15) is 17.5 Å². The minimum absolute atomic E-state index is 0.239. The third kappa shape index (κ3) is 5.29. The van der Waals surface area contributed by atoms with E-state index in [-0.39, 0.29) is 13.0 Å². The Balaban J connectivity index is 1.52. The van der Waals surface area contributed by atoms with E-state index >= 15 is 0 Å². The Morgan fingerprint density at radius 2 is 1.68 bits per heavy atom. The maximum Gasteiger partial charge on any atom is 0.265 e. The Hall–Kier alpha value is -4.04. The Bertz CT molecular complexity index is 1200. The second-order valence-corrected chi connectivity index (χ2v) is 7.95. The van der Waals surface area contributed by atoms with Gasteiger partial charge in [-0.05, 0) is 60.7 Å². The minimum Gasteiger partial charge on any atom is -0.497 e. The molecule has 3 aromatic rings. The van der Waals surface area contributed by atoms with Crippen molar-refractivity contribution in [1.29, 1.82) is 0 Å². The van der Waals surface area contributed by atoms with Crippen LogP contribution in [0.3, 0.4) is 0 Å². The zero-order chi connectivity index (χ0) is 24.1. The number of anilines is 3. The number of carbonyl (C=O) groups excluding carboxylic acids is 3. The molecule has 1 unspecified atom stereocenters. The van der Waals surface area contributed by atoms with Crippen molar-refractivity contribution in [1.82, 2.24) is 0 Å². The monoisotopic (exact) mass is 479 g/mol. The number of ether oxygens (including phenoxy) is 2. The molecular weight excluding hydrogens is 458 g/mol. The normalized spacial score (nSPS) is 14.6. The highest BCUT2D eigenvalue weighted by molar-refractivity contribution is 6.30. The van der Waals surface area contributed by atoms with Crippen molar-refractivity contribution in [2.45, 2.75) is 12.5 Å². The summed E-state index contributed by atoms with van der Waals surface area (Å²) >= 11 is 5.89. The summed E-state index contributed by atoms with van der Waals surface area (Å²) in [4.78, 5) is 40.2. The van der Waals surface area contributed by atoms with Gasteiger partial charge in [-0.15, -0.1) is 0 Å². The van der Waals surface area contributed by atoms with Gasteiger partial charge >= 0.3 is 0 Å². The largest absolute Gasteiger partial charge is 0.497 e. The molecule has 9 heteroatoms. The van der Waals surface area contributed by atoms with Crippen LogP contribution in [0.5, 0.6) is 11.5 Å². The molecule has 3 amide bonds. The maximum absolute atomic E-state index is 13.2. The van der Waals surface area contributed by atoms with Gasteiger partial charge in [0.15, 0.2) is 6.61 Å². The van der Waals surface area contributed by atoms with E-state index < -0.39 is 23.8 Å². The van der Waals surface area contributed by atoms with Crippen molar-refractivity contribution in [2.75, 3.05) is 29.3 Å². The molecule has 0 fully saturated rings. The van der Waals surface area contributed by atoms with Crippen molar-refractivity contribution < 1.29 is 23.9 Å². The number of nitrogens with one attached hydrogen (secondary N) is 2. The summed E-state index contributed by atoms with van der Waals surface area (Å²) in [6.45, 7) is -0.316. The molecule has 0 aromatic heterocycles. The standard InChI is InChI=1S/C25H22ClN3O5/c1-33-18-10-12-19(13-11-18)34-15-24(31)29-21-5-3-2-4-20(21)28-25(32)22(29)14-23(30)27-17-8-6-16(26)7-9-17/h2-13,22H,14-15H2,1H3,(H,27,30)(H,28,32). The number of rotatable bonds is 7. The topological polar surface area (TPSA) is 97.0 Å². The van der Waals surface area contributed by atoms with Gasteiger partial charge in [0.2, 0.25) is 11.8 Å². The molecule has 8 nitrogen and oxygen atoms in total.